The van der Waals surface area contributed by atoms with Crippen molar-refractivity contribution in [1.82, 2.24) is 5.32 Å². The molecular formula is C10H23N3S. The van der Waals surface area contributed by atoms with Gasteiger partial charge in [-0.1, -0.05) is 0 Å². The van der Waals surface area contributed by atoms with Gasteiger partial charge in [-0.15, -0.1) is 0 Å². The Labute approximate surface area is 91.9 Å². The molecular weight excluding hydrogens is 194 g/mol. The first-order chi connectivity index (χ1) is 6.16. The molecule has 0 spiro atoms. The Morgan fingerprint density at radius 3 is 2.14 bits per heavy atom. The molecule has 0 aromatic rings. The van der Waals surface area contributed by atoms with Crippen molar-refractivity contribution in [2.75, 3.05) is 12.8 Å². The van der Waals surface area contributed by atoms with Gasteiger partial charge in [0.1, 0.15) is 0 Å². The highest BCUT2D eigenvalue weighted by atomic mass is 32.2. The summed E-state index contributed by atoms with van der Waals surface area (Å²) in [7, 11) is 0. The average Bonchev–Trinajstić information content (AvgIpc) is 1.98. The minimum absolute atomic E-state index is 0.0168. The van der Waals surface area contributed by atoms with E-state index in [1.54, 1.807) is 11.8 Å². The largest absolute Gasteiger partial charge is 0.370 e. The SMILES string of the molecule is CSC(C)(C)CN=C(N)NC(C)(C)C. The van der Waals surface area contributed by atoms with E-state index in [1.165, 1.54) is 0 Å². The van der Waals surface area contributed by atoms with Crippen LogP contribution in [-0.4, -0.2) is 29.0 Å². The van der Waals surface area contributed by atoms with Crippen LogP contribution in [0.15, 0.2) is 4.99 Å². The molecule has 0 aliphatic carbocycles. The van der Waals surface area contributed by atoms with E-state index in [2.05, 4.69) is 51.2 Å². The number of hydrogen-bond donors (Lipinski definition) is 2. The minimum Gasteiger partial charge on any atom is -0.370 e. The lowest BCUT2D eigenvalue weighted by atomic mass is 10.1. The molecule has 0 aromatic heterocycles. The number of hydrogen-bond acceptors (Lipinski definition) is 2. The molecule has 84 valence electrons. The monoisotopic (exact) mass is 217 g/mol. The van der Waals surface area contributed by atoms with Crippen LogP contribution in [0.1, 0.15) is 34.6 Å². The van der Waals surface area contributed by atoms with E-state index >= 15 is 0 Å². The molecule has 14 heavy (non-hydrogen) atoms. The van der Waals surface area contributed by atoms with Crippen LogP contribution >= 0.6 is 11.8 Å². The van der Waals surface area contributed by atoms with Gasteiger partial charge in [0.25, 0.3) is 0 Å². The Kier molecular flexibility index (Phi) is 4.78. The van der Waals surface area contributed by atoms with Crippen LogP contribution in [0.2, 0.25) is 0 Å². The van der Waals surface area contributed by atoms with E-state index in [-0.39, 0.29) is 10.3 Å². The lowest BCUT2D eigenvalue weighted by molar-refractivity contribution is 0.507. The summed E-state index contributed by atoms with van der Waals surface area (Å²) < 4.78 is 0.157. The van der Waals surface area contributed by atoms with Crippen molar-refractivity contribution in [3.8, 4) is 0 Å². The standard InChI is InChI=1S/C10H23N3S/c1-9(2,3)13-8(11)12-7-10(4,5)14-6/h7H2,1-6H3,(H3,11,12,13). The van der Waals surface area contributed by atoms with Gasteiger partial charge in [0, 0.05) is 10.3 Å². The number of aliphatic imine (C=N–C) groups is 1. The summed E-state index contributed by atoms with van der Waals surface area (Å²) in [6.07, 6.45) is 2.09. The number of nitrogens with two attached hydrogens (primary N) is 1. The highest BCUT2D eigenvalue weighted by molar-refractivity contribution is 7.99. The minimum atomic E-state index is -0.0168. The molecule has 3 nitrogen and oxygen atoms in total. The maximum atomic E-state index is 5.75. The van der Waals surface area contributed by atoms with Crippen molar-refractivity contribution in [2.24, 2.45) is 10.7 Å². The summed E-state index contributed by atoms with van der Waals surface area (Å²) >= 11 is 1.80. The van der Waals surface area contributed by atoms with Gasteiger partial charge < -0.3 is 11.1 Å². The molecule has 0 fully saturated rings. The summed E-state index contributed by atoms with van der Waals surface area (Å²) in [6.45, 7) is 11.2. The normalized spacial score (nSPS) is 14.3. The van der Waals surface area contributed by atoms with Gasteiger partial charge in [0.2, 0.25) is 0 Å². The molecule has 4 heteroatoms. The lowest BCUT2D eigenvalue weighted by Crippen LogP contribution is -2.45. The molecule has 0 heterocycles. The Balaban J connectivity index is 4.14. The second kappa shape index (κ2) is 4.91. The Bertz CT molecular complexity index is 204. The summed E-state index contributed by atoms with van der Waals surface area (Å²) in [6, 6.07) is 0. The zero-order valence-electron chi connectivity index (χ0n) is 10.1. The molecule has 0 bridgehead atoms. The van der Waals surface area contributed by atoms with Gasteiger partial charge in [0.05, 0.1) is 6.54 Å². The summed E-state index contributed by atoms with van der Waals surface area (Å²) in [5.41, 5.74) is 5.73. The molecule has 0 amide bonds. The highest BCUT2D eigenvalue weighted by Gasteiger charge is 2.16. The first-order valence-electron chi connectivity index (χ1n) is 4.79. The quantitative estimate of drug-likeness (QED) is 0.560. The molecule has 0 atom stereocenters. The third-order valence-electron chi connectivity index (χ3n) is 1.69. The molecule has 0 unspecified atom stereocenters. The zero-order valence-corrected chi connectivity index (χ0v) is 11.0. The van der Waals surface area contributed by atoms with Crippen LogP contribution < -0.4 is 11.1 Å². The number of nitrogens with one attached hydrogen (secondary N) is 1. The second-order valence-electron chi connectivity index (χ2n) is 5.04. The van der Waals surface area contributed by atoms with E-state index in [0.717, 1.165) is 6.54 Å². The zero-order chi connectivity index (χ0) is 11.4. The van der Waals surface area contributed by atoms with Crippen LogP contribution in [0.3, 0.4) is 0 Å². The topological polar surface area (TPSA) is 50.4 Å². The van der Waals surface area contributed by atoms with Gasteiger partial charge >= 0.3 is 0 Å². The Hall–Kier alpha value is -0.380. The van der Waals surface area contributed by atoms with Crippen molar-refractivity contribution < 1.29 is 0 Å². The van der Waals surface area contributed by atoms with E-state index in [4.69, 9.17) is 5.73 Å². The van der Waals surface area contributed by atoms with Gasteiger partial charge in [0.15, 0.2) is 5.96 Å². The Morgan fingerprint density at radius 2 is 1.79 bits per heavy atom. The number of rotatable bonds is 3. The van der Waals surface area contributed by atoms with Crippen LogP contribution in [-0.2, 0) is 0 Å². The first-order valence-corrected chi connectivity index (χ1v) is 6.02. The molecule has 0 radical (unpaired) electrons. The molecule has 0 aliphatic heterocycles. The van der Waals surface area contributed by atoms with Crippen molar-refractivity contribution in [3.63, 3.8) is 0 Å². The third-order valence-corrected chi connectivity index (χ3v) is 2.92. The summed E-state index contributed by atoms with van der Waals surface area (Å²) in [5, 5.41) is 3.13. The van der Waals surface area contributed by atoms with E-state index in [1.807, 2.05) is 0 Å². The smallest absolute Gasteiger partial charge is 0.189 e. The van der Waals surface area contributed by atoms with E-state index in [9.17, 15) is 0 Å². The highest BCUT2D eigenvalue weighted by Crippen LogP contribution is 2.20. The van der Waals surface area contributed by atoms with Gasteiger partial charge in [-0.25, -0.2) is 0 Å². The molecule has 3 N–H and O–H groups in total. The van der Waals surface area contributed by atoms with Crippen molar-refractivity contribution in [1.29, 1.82) is 0 Å². The fourth-order valence-electron chi connectivity index (χ4n) is 0.764. The maximum Gasteiger partial charge on any atom is 0.189 e. The van der Waals surface area contributed by atoms with Gasteiger partial charge in [-0.05, 0) is 40.9 Å². The predicted octanol–water partition coefficient (Wildman–Crippen LogP) is 1.83. The molecule has 0 aliphatic rings. The molecule has 0 rings (SSSR count). The van der Waals surface area contributed by atoms with E-state index in [0.29, 0.717) is 5.96 Å². The number of nitrogens with zero attached hydrogens (tertiary/aromatic N) is 1. The molecule has 0 saturated carbocycles. The average molecular weight is 217 g/mol. The fraction of sp³-hybridized carbons (Fsp3) is 0.900. The lowest BCUT2D eigenvalue weighted by Gasteiger charge is -2.23. The first kappa shape index (κ1) is 13.6. The van der Waals surface area contributed by atoms with Crippen LogP contribution in [0.5, 0.6) is 0 Å². The molecule has 0 aromatic carbocycles. The number of thioether (sulfide) groups is 1. The van der Waals surface area contributed by atoms with Crippen LogP contribution in [0, 0.1) is 0 Å². The second-order valence-corrected chi connectivity index (χ2v) is 6.55. The van der Waals surface area contributed by atoms with Gasteiger partial charge in [-0.3, -0.25) is 4.99 Å². The van der Waals surface area contributed by atoms with Crippen LogP contribution in [0.4, 0.5) is 0 Å². The van der Waals surface area contributed by atoms with Crippen molar-refractivity contribution >= 4 is 17.7 Å². The fourth-order valence-corrected chi connectivity index (χ4v) is 0.957. The number of guanidine groups is 1. The molecule has 0 saturated heterocycles. The maximum absolute atomic E-state index is 5.75. The van der Waals surface area contributed by atoms with Crippen molar-refractivity contribution in [3.05, 3.63) is 0 Å². The third kappa shape index (κ3) is 7.06. The summed E-state index contributed by atoms with van der Waals surface area (Å²) in [4.78, 5) is 4.31. The van der Waals surface area contributed by atoms with Crippen molar-refractivity contribution in [2.45, 2.75) is 44.9 Å². The van der Waals surface area contributed by atoms with Gasteiger partial charge in [-0.2, -0.15) is 11.8 Å². The predicted molar refractivity (Wildman–Crippen MR) is 67.0 cm³/mol. The van der Waals surface area contributed by atoms with Crippen LogP contribution in [0.25, 0.3) is 0 Å². The van der Waals surface area contributed by atoms with E-state index < -0.39 is 0 Å². The Morgan fingerprint density at radius 1 is 1.29 bits per heavy atom. The summed E-state index contributed by atoms with van der Waals surface area (Å²) in [5.74, 6) is 0.527.